The third kappa shape index (κ3) is 4.83. The number of nitrogens with zero attached hydrogens (tertiary/aromatic N) is 1. The van der Waals surface area contributed by atoms with Crippen molar-refractivity contribution in [2.75, 3.05) is 26.2 Å². The summed E-state index contributed by atoms with van der Waals surface area (Å²) in [5.41, 5.74) is 5.70. The largest absolute Gasteiger partial charge is 0.353 e. The van der Waals surface area contributed by atoms with E-state index >= 15 is 0 Å². The standard InChI is InChI=1S/C27H32N4O4S/c1-18-5-8-22(9-6-18)36(34,35)31-16-15-29-26(32)25(31)27(33)30-24-4-2-3-21-17-20(7-10-23(21)24)19-11-13-28-14-12-19/h5-11,17,24-25,28H,2-4,12-16H2,1H3,(H,29,32)(H,30,33)/t24-,25?/m1/s1. The Kier molecular flexibility index (Phi) is 6.96. The Bertz CT molecular complexity index is 1300. The zero-order valence-corrected chi connectivity index (χ0v) is 21.2. The molecule has 2 aromatic rings. The number of fused-ring (bicyclic) bond motifs is 1. The van der Waals surface area contributed by atoms with Gasteiger partial charge in [0.1, 0.15) is 0 Å². The quantitative estimate of drug-likeness (QED) is 0.536. The van der Waals surface area contributed by atoms with E-state index in [9.17, 15) is 18.0 Å². The molecule has 1 fully saturated rings. The van der Waals surface area contributed by atoms with Crippen molar-refractivity contribution in [1.82, 2.24) is 20.3 Å². The molecule has 0 saturated carbocycles. The lowest BCUT2D eigenvalue weighted by atomic mass is 9.85. The van der Waals surface area contributed by atoms with E-state index in [-0.39, 0.29) is 24.0 Å². The number of benzene rings is 2. The molecule has 0 radical (unpaired) electrons. The molecule has 0 bridgehead atoms. The van der Waals surface area contributed by atoms with E-state index in [1.807, 2.05) is 6.92 Å². The smallest absolute Gasteiger partial charge is 0.248 e. The van der Waals surface area contributed by atoms with Crippen LogP contribution in [0.25, 0.3) is 5.57 Å². The SMILES string of the molecule is Cc1ccc(S(=O)(=O)N2CCNC(=O)C2C(=O)N[C@@H]2CCCc3cc(C4=CCNCC4)ccc32)cc1. The molecule has 0 spiro atoms. The number of rotatable bonds is 5. The number of carbonyl (C=O) groups excluding carboxylic acids is 2. The fourth-order valence-electron chi connectivity index (χ4n) is 5.30. The van der Waals surface area contributed by atoms with Crippen LogP contribution in [0.2, 0.25) is 0 Å². The van der Waals surface area contributed by atoms with Gasteiger partial charge in [0.2, 0.25) is 21.8 Å². The minimum Gasteiger partial charge on any atom is -0.353 e. The molecular weight excluding hydrogens is 476 g/mol. The second-order valence-corrected chi connectivity index (χ2v) is 11.6. The molecule has 1 unspecified atom stereocenters. The number of hydrogen-bond acceptors (Lipinski definition) is 5. The summed E-state index contributed by atoms with van der Waals surface area (Å²) in [6.45, 7) is 3.90. The predicted molar refractivity (Wildman–Crippen MR) is 138 cm³/mol. The molecule has 0 aromatic heterocycles. The topological polar surface area (TPSA) is 108 Å². The zero-order valence-electron chi connectivity index (χ0n) is 20.4. The number of aryl methyl sites for hydroxylation is 2. The second-order valence-electron chi connectivity index (χ2n) is 9.67. The predicted octanol–water partition coefficient (Wildman–Crippen LogP) is 2.05. The third-order valence-electron chi connectivity index (χ3n) is 7.25. The van der Waals surface area contributed by atoms with E-state index < -0.39 is 27.9 Å². The van der Waals surface area contributed by atoms with Crippen molar-refractivity contribution in [2.24, 2.45) is 0 Å². The van der Waals surface area contributed by atoms with Gasteiger partial charge in [-0.25, -0.2) is 8.42 Å². The van der Waals surface area contributed by atoms with Gasteiger partial charge in [0.05, 0.1) is 10.9 Å². The maximum atomic E-state index is 13.4. The van der Waals surface area contributed by atoms with Crippen molar-refractivity contribution >= 4 is 27.4 Å². The van der Waals surface area contributed by atoms with E-state index in [1.165, 1.54) is 28.8 Å². The Morgan fingerprint density at radius 1 is 1.08 bits per heavy atom. The van der Waals surface area contributed by atoms with Crippen molar-refractivity contribution in [2.45, 2.75) is 49.6 Å². The summed E-state index contributed by atoms with van der Waals surface area (Å²) in [6, 6.07) is 11.1. The molecule has 190 valence electrons. The maximum absolute atomic E-state index is 13.4. The fourth-order valence-corrected chi connectivity index (χ4v) is 6.85. The number of amides is 2. The van der Waals surface area contributed by atoms with Crippen LogP contribution in [0.3, 0.4) is 0 Å². The van der Waals surface area contributed by atoms with Gasteiger partial charge < -0.3 is 16.0 Å². The van der Waals surface area contributed by atoms with Crippen molar-refractivity contribution in [3.63, 3.8) is 0 Å². The van der Waals surface area contributed by atoms with Gasteiger partial charge in [-0.1, -0.05) is 42.0 Å². The molecule has 5 rings (SSSR count). The number of sulfonamides is 1. The minimum absolute atomic E-state index is 0.0363. The third-order valence-corrected chi connectivity index (χ3v) is 9.13. The Hall–Kier alpha value is -3.01. The van der Waals surface area contributed by atoms with Crippen LogP contribution in [-0.4, -0.2) is 56.8 Å². The Balaban J connectivity index is 1.38. The Morgan fingerprint density at radius 3 is 2.64 bits per heavy atom. The van der Waals surface area contributed by atoms with Crippen molar-refractivity contribution in [3.05, 3.63) is 70.8 Å². The minimum atomic E-state index is -4.02. The van der Waals surface area contributed by atoms with Crippen molar-refractivity contribution in [1.29, 1.82) is 0 Å². The van der Waals surface area contributed by atoms with Crippen LogP contribution in [0.15, 0.2) is 53.4 Å². The van der Waals surface area contributed by atoms with Crippen LogP contribution in [-0.2, 0) is 26.0 Å². The fraction of sp³-hybridized carbons (Fsp3) is 0.407. The van der Waals surface area contributed by atoms with Crippen LogP contribution < -0.4 is 16.0 Å². The zero-order chi connectivity index (χ0) is 25.3. The van der Waals surface area contributed by atoms with Crippen molar-refractivity contribution < 1.29 is 18.0 Å². The van der Waals surface area contributed by atoms with Crippen molar-refractivity contribution in [3.8, 4) is 0 Å². The van der Waals surface area contributed by atoms with E-state index in [2.05, 4.69) is 40.2 Å². The molecule has 2 atom stereocenters. The Labute approximate surface area is 212 Å². The molecule has 9 heteroatoms. The average molecular weight is 509 g/mol. The first-order valence-electron chi connectivity index (χ1n) is 12.5. The van der Waals surface area contributed by atoms with E-state index in [0.29, 0.717) is 0 Å². The summed E-state index contributed by atoms with van der Waals surface area (Å²) < 4.78 is 27.8. The molecule has 2 heterocycles. The highest BCUT2D eigenvalue weighted by Crippen LogP contribution is 2.33. The summed E-state index contributed by atoms with van der Waals surface area (Å²) >= 11 is 0. The van der Waals surface area contributed by atoms with Crippen LogP contribution in [0.1, 0.15) is 47.6 Å². The number of hydrogen-bond donors (Lipinski definition) is 3. The second kappa shape index (κ2) is 10.2. The van der Waals surface area contributed by atoms with Gasteiger partial charge in [-0.05, 0) is 73.5 Å². The van der Waals surface area contributed by atoms with E-state index in [0.717, 1.165) is 54.2 Å². The monoisotopic (exact) mass is 508 g/mol. The number of nitrogens with one attached hydrogen (secondary N) is 3. The molecule has 3 N–H and O–H groups in total. The van der Waals surface area contributed by atoms with Gasteiger partial charge in [-0.2, -0.15) is 4.31 Å². The summed E-state index contributed by atoms with van der Waals surface area (Å²) in [5, 5.41) is 9.00. The summed E-state index contributed by atoms with van der Waals surface area (Å²) in [7, 11) is -4.02. The first kappa shape index (κ1) is 24.7. The van der Waals surface area contributed by atoms with Gasteiger partial charge in [-0.15, -0.1) is 0 Å². The maximum Gasteiger partial charge on any atom is 0.248 e. The molecular formula is C27H32N4O4S. The first-order valence-corrected chi connectivity index (χ1v) is 14.0. The normalized spacial score (nSPS) is 22.8. The van der Waals surface area contributed by atoms with Gasteiger partial charge in [-0.3, -0.25) is 9.59 Å². The number of piperazine rings is 1. The lowest BCUT2D eigenvalue weighted by Crippen LogP contribution is -2.62. The summed E-state index contributed by atoms with van der Waals surface area (Å²) in [4.78, 5) is 26.3. The summed E-state index contributed by atoms with van der Waals surface area (Å²) in [6.07, 6.45) is 5.78. The highest BCUT2D eigenvalue weighted by atomic mass is 32.2. The molecule has 2 amide bonds. The Morgan fingerprint density at radius 2 is 1.89 bits per heavy atom. The van der Waals surface area contributed by atoms with Gasteiger partial charge in [0.25, 0.3) is 0 Å². The molecule has 1 aliphatic carbocycles. The summed E-state index contributed by atoms with van der Waals surface area (Å²) in [5.74, 6) is -1.19. The highest BCUT2D eigenvalue weighted by Gasteiger charge is 2.43. The lowest BCUT2D eigenvalue weighted by Gasteiger charge is -2.35. The van der Waals surface area contributed by atoms with Crippen LogP contribution in [0.4, 0.5) is 0 Å². The molecule has 2 aromatic carbocycles. The van der Waals surface area contributed by atoms with Gasteiger partial charge in [0, 0.05) is 19.6 Å². The molecule has 1 saturated heterocycles. The average Bonchev–Trinajstić information content (AvgIpc) is 2.89. The lowest BCUT2D eigenvalue weighted by molar-refractivity contribution is -0.137. The highest BCUT2D eigenvalue weighted by molar-refractivity contribution is 7.89. The van der Waals surface area contributed by atoms with Gasteiger partial charge >= 0.3 is 0 Å². The van der Waals surface area contributed by atoms with Crippen LogP contribution >= 0.6 is 0 Å². The molecule has 36 heavy (non-hydrogen) atoms. The molecule has 3 aliphatic rings. The van der Waals surface area contributed by atoms with Gasteiger partial charge in [0.15, 0.2) is 6.04 Å². The van der Waals surface area contributed by atoms with E-state index in [1.54, 1.807) is 12.1 Å². The van der Waals surface area contributed by atoms with Crippen LogP contribution in [0.5, 0.6) is 0 Å². The molecule has 2 aliphatic heterocycles. The van der Waals surface area contributed by atoms with Crippen LogP contribution in [0, 0.1) is 6.92 Å². The van der Waals surface area contributed by atoms with E-state index in [4.69, 9.17) is 0 Å². The number of carbonyl (C=O) groups is 2. The first-order chi connectivity index (χ1) is 17.3. The molecule has 8 nitrogen and oxygen atoms in total.